The summed E-state index contributed by atoms with van der Waals surface area (Å²) >= 11 is 0. The van der Waals surface area contributed by atoms with Crippen molar-refractivity contribution in [1.29, 1.82) is 0 Å². The monoisotopic (exact) mass is 273 g/mol. The van der Waals surface area contributed by atoms with Crippen LogP contribution in [0, 0.1) is 5.92 Å². The van der Waals surface area contributed by atoms with Gasteiger partial charge < -0.3 is 10.0 Å². The van der Waals surface area contributed by atoms with Crippen molar-refractivity contribution >= 4 is 15.8 Å². The van der Waals surface area contributed by atoms with Crippen LogP contribution < -0.4 is 0 Å². The predicted molar refractivity (Wildman–Crippen MR) is 68.2 cm³/mol. The molecule has 1 fully saturated rings. The van der Waals surface area contributed by atoms with E-state index in [1.165, 1.54) is 0 Å². The molecule has 0 radical (unpaired) electrons. The lowest BCUT2D eigenvalue weighted by molar-refractivity contribution is -0.133. The SMILES string of the molecule is CN1CCC(C2CCS(=O)(=O)CC2)=C(C(=O)O)C1. The fourth-order valence-electron chi connectivity index (χ4n) is 2.81. The zero-order valence-electron chi connectivity index (χ0n) is 10.6. The van der Waals surface area contributed by atoms with Crippen LogP contribution in [-0.4, -0.2) is 56.0 Å². The smallest absolute Gasteiger partial charge is 0.332 e. The Labute approximate surface area is 107 Å². The van der Waals surface area contributed by atoms with Crippen molar-refractivity contribution in [3.8, 4) is 0 Å². The molecule has 2 rings (SSSR count). The van der Waals surface area contributed by atoms with Crippen molar-refractivity contribution in [1.82, 2.24) is 4.90 Å². The maximum atomic E-state index is 11.4. The average molecular weight is 273 g/mol. The van der Waals surface area contributed by atoms with E-state index in [4.69, 9.17) is 0 Å². The Morgan fingerprint density at radius 2 is 1.94 bits per heavy atom. The lowest BCUT2D eigenvalue weighted by Gasteiger charge is -2.32. The zero-order chi connectivity index (χ0) is 13.3. The minimum absolute atomic E-state index is 0.147. The van der Waals surface area contributed by atoms with E-state index in [0.29, 0.717) is 25.0 Å². The van der Waals surface area contributed by atoms with Gasteiger partial charge >= 0.3 is 5.97 Å². The number of carboxylic acids is 1. The molecule has 0 saturated carbocycles. The first-order valence-corrected chi connectivity index (χ1v) is 8.05. The van der Waals surface area contributed by atoms with Crippen molar-refractivity contribution in [3.05, 3.63) is 11.1 Å². The Bertz CT molecular complexity index is 466. The number of sulfone groups is 1. The highest BCUT2D eigenvalue weighted by Gasteiger charge is 2.31. The number of aliphatic carboxylic acids is 1. The largest absolute Gasteiger partial charge is 0.478 e. The molecular formula is C12H19NO4S. The van der Waals surface area contributed by atoms with Crippen molar-refractivity contribution < 1.29 is 18.3 Å². The lowest BCUT2D eigenvalue weighted by Crippen LogP contribution is -2.34. The molecule has 0 unspecified atom stereocenters. The van der Waals surface area contributed by atoms with Gasteiger partial charge in [0.05, 0.1) is 17.1 Å². The number of carbonyl (C=O) groups is 1. The molecule has 18 heavy (non-hydrogen) atoms. The molecule has 0 aromatic carbocycles. The van der Waals surface area contributed by atoms with Gasteiger partial charge in [-0.25, -0.2) is 13.2 Å². The van der Waals surface area contributed by atoms with Gasteiger partial charge in [0.25, 0.3) is 0 Å². The van der Waals surface area contributed by atoms with Crippen LogP contribution in [0.3, 0.4) is 0 Å². The van der Waals surface area contributed by atoms with Crippen LogP contribution in [0.5, 0.6) is 0 Å². The van der Waals surface area contributed by atoms with E-state index in [2.05, 4.69) is 0 Å². The minimum atomic E-state index is -2.88. The predicted octanol–water partition coefficient (Wildman–Crippen LogP) is 0.528. The lowest BCUT2D eigenvalue weighted by atomic mass is 9.85. The first-order valence-electron chi connectivity index (χ1n) is 6.23. The summed E-state index contributed by atoms with van der Waals surface area (Å²) in [5.74, 6) is -0.313. The van der Waals surface area contributed by atoms with Gasteiger partial charge in [0.1, 0.15) is 9.84 Å². The van der Waals surface area contributed by atoms with Crippen LogP contribution in [-0.2, 0) is 14.6 Å². The van der Waals surface area contributed by atoms with Crippen LogP contribution in [0.4, 0.5) is 0 Å². The number of hydrogen-bond donors (Lipinski definition) is 1. The molecule has 1 saturated heterocycles. The quantitative estimate of drug-likeness (QED) is 0.794. The fraction of sp³-hybridized carbons (Fsp3) is 0.750. The van der Waals surface area contributed by atoms with E-state index in [1.807, 2.05) is 11.9 Å². The molecule has 0 spiro atoms. The number of carboxylic acid groups (broad SMARTS) is 1. The highest BCUT2D eigenvalue weighted by Crippen LogP contribution is 2.32. The molecule has 0 aromatic heterocycles. The molecule has 0 bridgehead atoms. The average Bonchev–Trinajstić information content (AvgIpc) is 2.29. The topological polar surface area (TPSA) is 74.7 Å². The molecule has 5 nitrogen and oxygen atoms in total. The summed E-state index contributed by atoms with van der Waals surface area (Å²) in [7, 11) is -0.975. The van der Waals surface area contributed by atoms with E-state index < -0.39 is 15.8 Å². The van der Waals surface area contributed by atoms with E-state index in [1.54, 1.807) is 0 Å². The van der Waals surface area contributed by atoms with Crippen molar-refractivity contribution in [3.63, 3.8) is 0 Å². The van der Waals surface area contributed by atoms with Gasteiger partial charge in [0.2, 0.25) is 0 Å². The Hall–Kier alpha value is -0.880. The molecule has 1 N–H and O–H groups in total. The maximum absolute atomic E-state index is 11.4. The van der Waals surface area contributed by atoms with Crippen LogP contribution >= 0.6 is 0 Å². The number of rotatable bonds is 2. The molecule has 0 amide bonds. The first kappa shape index (κ1) is 13.5. The Morgan fingerprint density at radius 3 is 2.50 bits per heavy atom. The summed E-state index contributed by atoms with van der Waals surface area (Å²) in [6.45, 7) is 1.32. The van der Waals surface area contributed by atoms with Crippen molar-refractivity contribution in [2.24, 2.45) is 5.92 Å². The third kappa shape index (κ3) is 2.92. The Morgan fingerprint density at radius 1 is 1.33 bits per heavy atom. The number of hydrogen-bond acceptors (Lipinski definition) is 4. The van der Waals surface area contributed by atoms with Gasteiger partial charge in [0, 0.05) is 13.1 Å². The van der Waals surface area contributed by atoms with Crippen LogP contribution in [0.1, 0.15) is 19.3 Å². The summed E-state index contributed by atoms with van der Waals surface area (Å²) < 4.78 is 22.8. The van der Waals surface area contributed by atoms with Crippen LogP contribution in [0.2, 0.25) is 0 Å². The summed E-state index contributed by atoms with van der Waals surface area (Å²) in [5.41, 5.74) is 1.46. The summed E-state index contributed by atoms with van der Waals surface area (Å²) in [5, 5.41) is 9.26. The second kappa shape index (κ2) is 5.01. The second-order valence-electron chi connectivity index (χ2n) is 5.22. The van der Waals surface area contributed by atoms with Crippen molar-refractivity contribution in [2.45, 2.75) is 19.3 Å². The normalized spacial score (nSPS) is 26.3. The highest BCUT2D eigenvalue weighted by atomic mass is 32.2. The van der Waals surface area contributed by atoms with Gasteiger partial charge in [-0.05, 0) is 32.2 Å². The van der Waals surface area contributed by atoms with E-state index in [9.17, 15) is 18.3 Å². The van der Waals surface area contributed by atoms with Crippen LogP contribution in [0.15, 0.2) is 11.1 Å². The molecule has 0 atom stereocenters. The van der Waals surface area contributed by atoms with E-state index in [0.717, 1.165) is 18.5 Å². The third-order valence-electron chi connectivity index (χ3n) is 3.88. The second-order valence-corrected chi connectivity index (χ2v) is 7.53. The Balaban J connectivity index is 2.20. The zero-order valence-corrected chi connectivity index (χ0v) is 11.4. The summed E-state index contributed by atoms with van der Waals surface area (Å²) in [6.07, 6.45) is 1.92. The molecule has 2 aliphatic heterocycles. The van der Waals surface area contributed by atoms with Gasteiger partial charge in [-0.1, -0.05) is 5.57 Å². The molecule has 2 aliphatic rings. The first-order chi connectivity index (χ1) is 8.39. The maximum Gasteiger partial charge on any atom is 0.332 e. The molecule has 6 heteroatoms. The minimum Gasteiger partial charge on any atom is -0.478 e. The van der Waals surface area contributed by atoms with E-state index >= 15 is 0 Å². The number of likely N-dealkylation sites (N-methyl/N-ethyl adjacent to an activating group) is 1. The molecular weight excluding hydrogens is 254 g/mol. The van der Waals surface area contributed by atoms with Gasteiger partial charge in [-0.3, -0.25) is 0 Å². The molecule has 102 valence electrons. The van der Waals surface area contributed by atoms with Crippen LogP contribution in [0.25, 0.3) is 0 Å². The highest BCUT2D eigenvalue weighted by molar-refractivity contribution is 7.91. The third-order valence-corrected chi connectivity index (χ3v) is 5.60. The summed E-state index contributed by atoms with van der Waals surface area (Å²) in [4.78, 5) is 13.3. The van der Waals surface area contributed by atoms with Gasteiger partial charge in [0.15, 0.2) is 0 Å². The Kier molecular flexibility index (Phi) is 3.77. The molecule has 0 aromatic rings. The van der Waals surface area contributed by atoms with E-state index in [-0.39, 0.29) is 17.4 Å². The summed E-state index contributed by atoms with van der Waals surface area (Å²) in [6, 6.07) is 0. The van der Waals surface area contributed by atoms with Gasteiger partial charge in [-0.2, -0.15) is 0 Å². The molecule has 2 heterocycles. The standard InChI is InChI=1S/C12H19NO4S/c1-13-5-2-10(11(8-13)12(14)15)9-3-6-18(16,17)7-4-9/h9H,2-8H2,1H3,(H,14,15). The van der Waals surface area contributed by atoms with Gasteiger partial charge in [-0.15, -0.1) is 0 Å². The number of nitrogens with zero attached hydrogens (tertiary/aromatic N) is 1. The molecule has 0 aliphatic carbocycles. The fourth-order valence-corrected chi connectivity index (χ4v) is 4.30. The van der Waals surface area contributed by atoms with Crippen molar-refractivity contribution in [2.75, 3.05) is 31.6 Å².